The van der Waals surface area contributed by atoms with Gasteiger partial charge < -0.3 is 4.74 Å². The number of hydrogen-bond donors (Lipinski definition) is 0. The molecular formula is C19H38O. The van der Waals surface area contributed by atoms with Crippen LogP contribution in [0.3, 0.4) is 0 Å². The summed E-state index contributed by atoms with van der Waals surface area (Å²) in [5, 5.41) is 0. The SMILES string of the molecule is CCCCCCCCCCCCOC1CCCCCC1. The van der Waals surface area contributed by atoms with Crippen molar-refractivity contribution in [2.24, 2.45) is 0 Å². The van der Waals surface area contributed by atoms with E-state index in [1.165, 1.54) is 103 Å². The van der Waals surface area contributed by atoms with Gasteiger partial charge in [-0.2, -0.15) is 0 Å². The van der Waals surface area contributed by atoms with Crippen LogP contribution in [0.4, 0.5) is 0 Å². The van der Waals surface area contributed by atoms with Crippen LogP contribution in [-0.2, 0) is 4.74 Å². The van der Waals surface area contributed by atoms with E-state index in [2.05, 4.69) is 6.92 Å². The summed E-state index contributed by atoms with van der Waals surface area (Å²) in [7, 11) is 0. The molecule has 20 heavy (non-hydrogen) atoms. The molecule has 0 saturated heterocycles. The lowest BCUT2D eigenvalue weighted by atomic mass is 10.1. The van der Waals surface area contributed by atoms with Crippen LogP contribution in [0.1, 0.15) is 110 Å². The van der Waals surface area contributed by atoms with Crippen LogP contribution in [0.15, 0.2) is 0 Å². The molecule has 0 bridgehead atoms. The van der Waals surface area contributed by atoms with Gasteiger partial charge in [-0.25, -0.2) is 0 Å². The molecule has 0 unspecified atom stereocenters. The summed E-state index contributed by atoms with van der Waals surface area (Å²) in [5.74, 6) is 0. The third-order valence-electron chi connectivity index (χ3n) is 4.65. The molecular weight excluding hydrogens is 244 g/mol. The Kier molecular flexibility index (Phi) is 12.5. The van der Waals surface area contributed by atoms with Crippen molar-refractivity contribution in [3.8, 4) is 0 Å². The van der Waals surface area contributed by atoms with Crippen LogP contribution >= 0.6 is 0 Å². The van der Waals surface area contributed by atoms with E-state index < -0.39 is 0 Å². The molecule has 1 saturated carbocycles. The standard InChI is InChI=1S/C19H38O/c1-2-3-4-5-6-7-8-9-12-15-18-20-19-16-13-10-11-14-17-19/h19H,2-18H2,1H3. The maximum atomic E-state index is 6.03. The second-order valence-corrected chi connectivity index (χ2v) is 6.67. The smallest absolute Gasteiger partial charge is 0.0575 e. The first kappa shape index (κ1) is 18.0. The molecule has 0 N–H and O–H groups in total. The Morgan fingerprint density at radius 1 is 0.650 bits per heavy atom. The number of ether oxygens (including phenoxy) is 1. The molecule has 0 aromatic carbocycles. The third-order valence-corrected chi connectivity index (χ3v) is 4.65. The Morgan fingerprint density at radius 2 is 1.15 bits per heavy atom. The molecule has 0 radical (unpaired) electrons. The van der Waals surface area contributed by atoms with E-state index in [9.17, 15) is 0 Å². The van der Waals surface area contributed by atoms with Crippen LogP contribution in [0.25, 0.3) is 0 Å². The normalized spacial score (nSPS) is 17.2. The summed E-state index contributed by atoms with van der Waals surface area (Å²) in [6.45, 7) is 3.30. The third kappa shape index (κ3) is 10.7. The van der Waals surface area contributed by atoms with Crippen molar-refractivity contribution in [1.82, 2.24) is 0 Å². The van der Waals surface area contributed by atoms with Crippen molar-refractivity contribution in [2.75, 3.05) is 6.61 Å². The largest absolute Gasteiger partial charge is 0.378 e. The predicted molar refractivity (Wildman–Crippen MR) is 89.3 cm³/mol. The average molecular weight is 283 g/mol. The molecule has 1 heteroatoms. The molecule has 0 aromatic rings. The molecule has 0 heterocycles. The first-order valence-corrected chi connectivity index (χ1v) is 9.55. The van der Waals surface area contributed by atoms with Gasteiger partial charge >= 0.3 is 0 Å². The van der Waals surface area contributed by atoms with Crippen molar-refractivity contribution in [2.45, 2.75) is 116 Å². The predicted octanol–water partition coefficient (Wildman–Crippen LogP) is 6.65. The van der Waals surface area contributed by atoms with Crippen molar-refractivity contribution in [3.05, 3.63) is 0 Å². The lowest BCUT2D eigenvalue weighted by Crippen LogP contribution is -2.12. The van der Waals surface area contributed by atoms with E-state index in [0.29, 0.717) is 6.10 Å². The van der Waals surface area contributed by atoms with Crippen molar-refractivity contribution in [1.29, 1.82) is 0 Å². The second-order valence-electron chi connectivity index (χ2n) is 6.67. The fourth-order valence-corrected chi connectivity index (χ4v) is 3.25. The Morgan fingerprint density at radius 3 is 1.70 bits per heavy atom. The van der Waals surface area contributed by atoms with E-state index in [1.54, 1.807) is 0 Å². The van der Waals surface area contributed by atoms with E-state index in [0.717, 1.165) is 6.61 Å². The van der Waals surface area contributed by atoms with Gasteiger partial charge in [0.1, 0.15) is 0 Å². The highest BCUT2D eigenvalue weighted by Crippen LogP contribution is 2.20. The van der Waals surface area contributed by atoms with Gasteiger partial charge in [0.2, 0.25) is 0 Å². The molecule has 1 fully saturated rings. The van der Waals surface area contributed by atoms with Gasteiger partial charge in [-0.05, 0) is 19.3 Å². The van der Waals surface area contributed by atoms with Crippen LogP contribution in [0, 0.1) is 0 Å². The topological polar surface area (TPSA) is 9.23 Å². The fraction of sp³-hybridized carbons (Fsp3) is 1.00. The van der Waals surface area contributed by atoms with Gasteiger partial charge in [-0.3, -0.25) is 0 Å². The van der Waals surface area contributed by atoms with Gasteiger partial charge in [0.25, 0.3) is 0 Å². The zero-order chi connectivity index (χ0) is 14.3. The first-order chi connectivity index (χ1) is 9.93. The highest BCUT2D eigenvalue weighted by Gasteiger charge is 2.11. The van der Waals surface area contributed by atoms with Gasteiger partial charge in [0, 0.05) is 6.61 Å². The molecule has 0 spiro atoms. The molecule has 1 rings (SSSR count). The quantitative estimate of drug-likeness (QED) is 0.288. The maximum Gasteiger partial charge on any atom is 0.0575 e. The van der Waals surface area contributed by atoms with Gasteiger partial charge in [-0.15, -0.1) is 0 Å². The van der Waals surface area contributed by atoms with E-state index in [4.69, 9.17) is 4.74 Å². The summed E-state index contributed by atoms with van der Waals surface area (Å²) in [5.41, 5.74) is 0. The fourth-order valence-electron chi connectivity index (χ4n) is 3.25. The molecule has 0 atom stereocenters. The summed E-state index contributed by atoms with van der Waals surface area (Å²) in [6.07, 6.45) is 23.0. The minimum Gasteiger partial charge on any atom is -0.378 e. The van der Waals surface area contributed by atoms with E-state index in [-0.39, 0.29) is 0 Å². The zero-order valence-electron chi connectivity index (χ0n) is 14.0. The number of hydrogen-bond acceptors (Lipinski definition) is 1. The highest BCUT2D eigenvalue weighted by atomic mass is 16.5. The number of rotatable bonds is 12. The molecule has 120 valence electrons. The Bertz CT molecular complexity index is 182. The van der Waals surface area contributed by atoms with Crippen LogP contribution in [0.2, 0.25) is 0 Å². The summed E-state index contributed by atoms with van der Waals surface area (Å²) < 4.78 is 6.03. The molecule has 0 aliphatic heterocycles. The Balaban J connectivity index is 1.76. The van der Waals surface area contributed by atoms with Crippen LogP contribution in [-0.4, -0.2) is 12.7 Å². The van der Waals surface area contributed by atoms with Crippen LogP contribution < -0.4 is 0 Å². The minimum atomic E-state index is 0.594. The lowest BCUT2D eigenvalue weighted by molar-refractivity contribution is 0.0407. The summed E-state index contributed by atoms with van der Waals surface area (Å²) >= 11 is 0. The monoisotopic (exact) mass is 282 g/mol. The molecule has 0 aromatic heterocycles. The van der Waals surface area contributed by atoms with E-state index in [1.807, 2.05) is 0 Å². The average Bonchev–Trinajstić information content (AvgIpc) is 2.73. The van der Waals surface area contributed by atoms with Crippen LogP contribution in [0.5, 0.6) is 0 Å². The highest BCUT2D eigenvalue weighted by molar-refractivity contribution is 4.63. The van der Waals surface area contributed by atoms with Gasteiger partial charge in [0.15, 0.2) is 0 Å². The molecule has 1 aliphatic rings. The zero-order valence-corrected chi connectivity index (χ0v) is 14.0. The Hall–Kier alpha value is -0.0400. The molecule has 1 nitrogen and oxygen atoms in total. The maximum absolute atomic E-state index is 6.03. The van der Waals surface area contributed by atoms with Crippen molar-refractivity contribution < 1.29 is 4.74 Å². The van der Waals surface area contributed by atoms with Crippen molar-refractivity contribution in [3.63, 3.8) is 0 Å². The number of unbranched alkanes of at least 4 members (excludes halogenated alkanes) is 9. The van der Waals surface area contributed by atoms with Gasteiger partial charge in [0.05, 0.1) is 6.10 Å². The lowest BCUT2D eigenvalue weighted by Gasteiger charge is -2.15. The van der Waals surface area contributed by atoms with Crippen molar-refractivity contribution >= 4 is 0 Å². The minimum absolute atomic E-state index is 0.594. The molecule has 0 amide bonds. The Labute approximate surface area is 127 Å². The van der Waals surface area contributed by atoms with Gasteiger partial charge in [-0.1, -0.05) is 90.4 Å². The summed E-state index contributed by atoms with van der Waals surface area (Å²) in [4.78, 5) is 0. The van der Waals surface area contributed by atoms with E-state index >= 15 is 0 Å². The second kappa shape index (κ2) is 13.9. The summed E-state index contributed by atoms with van der Waals surface area (Å²) in [6, 6.07) is 0. The first-order valence-electron chi connectivity index (χ1n) is 9.55. The molecule has 1 aliphatic carbocycles.